The van der Waals surface area contributed by atoms with Gasteiger partial charge in [0, 0.05) is 22.9 Å². The van der Waals surface area contributed by atoms with Crippen LogP contribution in [0.1, 0.15) is 28.4 Å². The van der Waals surface area contributed by atoms with Gasteiger partial charge in [0.05, 0.1) is 5.56 Å². The van der Waals surface area contributed by atoms with Crippen molar-refractivity contribution in [3.63, 3.8) is 0 Å². The molecule has 0 aliphatic carbocycles. The Balaban J connectivity index is 2.31. The number of hydrogen-bond acceptors (Lipinski definition) is 2. The molecule has 0 aromatic heterocycles. The number of aryl methyl sites for hydroxylation is 2. The zero-order chi connectivity index (χ0) is 15.4. The monoisotopic (exact) mass is 302 g/mol. The highest BCUT2D eigenvalue weighted by atomic mass is 35.5. The van der Waals surface area contributed by atoms with Crippen molar-refractivity contribution < 1.29 is 4.79 Å². The Morgan fingerprint density at radius 3 is 2.57 bits per heavy atom. The minimum absolute atomic E-state index is 0.165. The zero-order valence-corrected chi connectivity index (χ0v) is 13.2. The quantitative estimate of drug-likeness (QED) is 0.863. The van der Waals surface area contributed by atoms with Crippen LogP contribution in [0.25, 0.3) is 0 Å². The molecule has 2 N–H and O–H groups in total. The van der Waals surface area contributed by atoms with Gasteiger partial charge < -0.3 is 10.6 Å². The van der Waals surface area contributed by atoms with Crippen LogP contribution in [0.5, 0.6) is 0 Å². The van der Waals surface area contributed by atoms with Crippen molar-refractivity contribution in [3.8, 4) is 0 Å². The number of anilines is 2. The third-order valence-electron chi connectivity index (χ3n) is 3.23. The number of halogens is 1. The number of hydrogen-bond donors (Lipinski definition) is 2. The Bertz CT molecular complexity index is 668. The van der Waals surface area contributed by atoms with E-state index in [1.807, 2.05) is 45.0 Å². The summed E-state index contributed by atoms with van der Waals surface area (Å²) in [6.07, 6.45) is 0. The topological polar surface area (TPSA) is 41.1 Å². The summed E-state index contributed by atoms with van der Waals surface area (Å²) >= 11 is 6.01. The maximum absolute atomic E-state index is 12.5. The first kappa shape index (κ1) is 15.4. The summed E-state index contributed by atoms with van der Waals surface area (Å²) in [4.78, 5) is 12.5. The maximum atomic E-state index is 12.5. The van der Waals surface area contributed by atoms with E-state index >= 15 is 0 Å². The third-order valence-corrected chi connectivity index (χ3v) is 3.47. The van der Waals surface area contributed by atoms with Gasteiger partial charge in [0.2, 0.25) is 0 Å². The lowest BCUT2D eigenvalue weighted by Crippen LogP contribution is -2.15. The predicted octanol–water partition coefficient (Wildman–Crippen LogP) is 4.64. The fraction of sp³-hybridized carbons (Fsp3) is 0.235. The standard InChI is InChI=1S/C17H19ClN2O/c1-4-19-15-8-7-13(18)10-14(15)17(21)20-16-9-11(2)5-6-12(16)3/h5-10,19H,4H2,1-3H3,(H,20,21). The molecule has 0 aliphatic heterocycles. The summed E-state index contributed by atoms with van der Waals surface area (Å²) in [5.41, 5.74) is 4.28. The van der Waals surface area contributed by atoms with E-state index in [2.05, 4.69) is 10.6 Å². The molecule has 0 heterocycles. The second-order valence-electron chi connectivity index (χ2n) is 4.99. The van der Waals surface area contributed by atoms with E-state index in [1.54, 1.807) is 12.1 Å². The van der Waals surface area contributed by atoms with E-state index in [4.69, 9.17) is 11.6 Å². The van der Waals surface area contributed by atoms with Crippen LogP contribution < -0.4 is 10.6 Å². The first-order valence-electron chi connectivity index (χ1n) is 6.93. The molecular formula is C17H19ClN2O. The number of rotatable bonds is 4. The Morgan fingerprint density at radius 2 is 1.86 bits per heavy atom. The molecule has 3 nitrogen and oxygen atoms in total. The molecule has 2 aromatic rings. The second kappa shape index (κ2) is 6.64. The lowest BCUT2D eigenvalue weighted by molar-refractivity contribution is 0.102. The smallest absolute Gasteiger partial charge is 0.257 e. The largest absolute Gasteiger partial charge is 0.385 e. The van der Waals surface area contributed by atoms with E-state index in [0.29, 0.717) is 10.6 Å². The molecule has 4 heteroatoms. The lowest BCUT2D eigenvalue weighted by Gasteiger charge is -2.13. The van der Waals surface area contributed by atoms with Crippen LogP contribution in [0, 0.1) is 13.8 Å². The minimum atomic E-state index is -0.165. The van der Waals surface area contributed by atoms with Crippen LogP contribution >= 0.6 is 11.6 Å². The summed E-state index contributed by atoms with van der Waals surface area (Å²) in [6, 6.07) is 11.3. The fourth-order valence-electron chi connectivity index (χ4n) is 2.11. The number of carbonyl (C=O) groups is 1. The lowest BCUT2D eigenvalue weighted by atomic mass is 10.1. The molecule has 0 atom stereocenters. The molecule has 0 radical (unpaired) electrons. The maximum Gasteiger partial charge on any atom is 0.257 e. The van der Waals surface area contributed by atoms with Crippen molar-refractivity contribution in [3.05, 3.63) is 58.1 Å². The Hall–Kier alpha value is -2.00. The van der Waals surface area contributed by atoms with Crippen LogP contribution in [0.2, 0.25) is 5.02 Å². The molecule has 2 rings (SSSR count). The third kappa shape index (κ3) is 3.76. The van der Waals surface area contributed by atoms with Gasteiger partial charge >= 0.3 is 0 Å². The van der Waals surface area contributed by atoms with Crippen molar-refractivity contribution in [1.29, 1.82) is 0 Å². The fourth-order valence-corrected chi connectivity index (χ4v) is 2.28. The van der Waals surface area contributed by atoms with Gasteiger partial charge in [-0.3, -0.25) is 4.79 Å². The molecule has 110 valence electrons. The molecule has 2 aromatic carbocycles. The molecule has 0 saturated carbocycles. The highest BCUT2D eigenvalue weighted by Crippen LogP contribution is 2.23. The van der Waals surface area contributed by atoms with Gasteiger partial charge in [-0.05, 0) is 56.2 Å². The molecule has 0 bridgehead atoms. The second-order valence-corrected chi connectivity index (χ2v) is 5.43. The Kier molecular flexibility index (Phi) is 4.86. The van der Waals surface area contributed by atoms with Crippen molar-refractivity contribution in [2.45, 2.75) is 20.8 Å². The number of carbonyl (C=O) groups excluding carboxylic acids is 1. The zero-order valence-electron chi connectivity index (χ0n) is 12.5. The van der Waals surface area contributed by atoms with Crippen LogP contribution in [0.3, 0.4) is 0 Å². The van der Waals surface area contributed by atoms with E-state index in [-0.39, 0.29) is 5.91 Å². The van der Waals surface area contributed by atoms with E-state index in [1.165, 1.54) is 0 Å². The SMILES string of the molecule is CCNc1ccc(Cl)cc1C(=O)Nc1cc(C)ccc1C. The van der Waals surface area contributed by atoms with E-state index in [0.717, 1.165) is 29.0 Å². The Labute approximate surface area is 130 Å². The van der Waals surface area contributed by atoms with Gasteiger partial charge in [-0.2, -0.15) is 0 Å². The number of amides is 1. The van der Waals surface area contributed by atoms with Crippen LogP contribution in [-0.2, 0) is 0 Å². The summed E-state index contributed by atoms with van der Waals surface area (Å²) in [6.45, 7) is 6.70. The Morgan fingerprint density at radius 1 is 1.10 bits per heavy atom. The highest BCUT2D eigenvalue weighted by molar-refractivity contribution is 6.31. The van der Waals surface area contributed by atoms with Crippen LogP contribution in [-0.4, -0.2) is 12.5 Å². The van der Waals surface area contributed by atoms with Crippen LogP contribution in [0.4, 0.5) is 11.4 Å². The van der Waals surface area contributed by atoms with Gasteiger partial charge in [0.1, 0.15) is 0 Å². The molecule has 0 spiro atoms. The molecule has 0 aliphatic rings. The van der Waals surface area contributed by atoms with Crippen molar-refractivity contribution in [1.82, 2.24) is 0 Å². The summed E-state index contributed by atoms with van der Waals surface area (Å²) in [5, 5.41) is 6.68. The average Bonchev–Trinajstić information content (AvgIpc) is 2.45. The van der Waals surface area contributed by atoms with E-state index in [9.17, 15) is 4.79 Å². The highest BCUT2D eigenvalue weighted by Gasteiger charge is 2.13. The molecule has 0 saturated heterocycles. The molecule has 0 unspecified atom stereocenters. The summed E-state index contributed by atoms with van der Waals surface area (Å²) in [7, 11) is 0. The van der Waals surface area contributed by atoms with Crippen LogP contribution in [0.15, 0.2) is 36.4 Å². The number of nitrogens with one attached hydrogen (secondary N) is 2. The number of benzene rings is 2. The predicted molar refractivity (Wildman–Crippen MR) is 89.5 cm³/mol. The molecule has 0 fully saturated rings. The summed E-state index contributed by atoms with van der Waals surface area (Å²) < 4.78 is 0. The van der Waals surface area contributed by atoms with Crippen molar-refractivity contribution in [2.24, 2.45) is 0 Å². The van der Waals surface area contributed by atoms with E-state index < -0.39 is 0 Å². The van der Waals surface area contributed by atoms with Crippen molar-refractivity contribution in [2.75, 3.05) is 17.2 Å². The molecule has 1 amide bonds. The normalized spacial score (nSPS) is 10.3. The van der Waals surface area contributed by atoms with Gasteiger partial charge in [-0.1, -0.05) is 23.7 Å². The first-order valence-corrected chi connectivity index (χ1v) is 7.31. The van der Waals surface area contributed by atoms with Gasteiger partial charge in [0.15, 0.2) is 0 Å². The van der Waals surface area contributed by atoms with Gasteiger partial charge in [0.25, 0.3) is 5.91 Å². The van der Waals surface area contributed by atoms with Gasteiger partial charge in [-0.15, -0.1) is 0 Å². The molecular weight excluding hydrogens is 284 g/mol. The van der Waals surface area contributed by atoms with Gasteiger partial charge in [-0.25, -0.2) is 0 Å². The minimum Gasteiger partial charge on any atom is -0.385 e. The summed E-state index contributed by atoms with van der Waals surface area (Å²) in [5.74, 6) is -0.165. The van der Waals surface area contributed by atoms with Crippen molar-refractivity contribution >= 4 is 28.9 Å². The molecule has 21 heavy (non-hydrogen) atoms. The average molecular weight is 303 g/mol. The first-order chi connectivity index (χ1) is 10.0.